The average molecular weight is 377 g/mol. The van der Waals surface area contributed by atoms with Crippen molar-refractivity contribution in [1.29, 1.82) is 0 Å². The van der Waals surface area contributed by atoms with Crippen LogP contribution in [0.15, 0.2) is 30.3 Å². The average Bonchev–Trinajstić information content (AvgIpc) is 3.27. The van der Waals surface area contributed by atoms with Crippen LogP contribution < -0.4 is 10.6 Å². The zero-order valence-electron chi connectivity index (χ0n) is 14.8. The molecule has 0 aromatic heterocycles. The highest BCUT2D eigenvalue weighted by molar-refractivity contribution is 5.84. The van der Waals surface area contributed by atoms with Crippen molar-refractivity contribution in [1.82, 2.24) is 10.2 Å². The molecule has 0 saturated carbocycles. The third-order valence-corrected chi connectivity index (χ3v) is 4.89. The Morgan fingerprint density at radius 2 is 1.78 bits per heavy atom. The van der Waals surface area contributed by atoms with Crippen LogP contribution in [0.1, 0.15) is 0 Å². The first-order valence-corrected chi connectivity index (χ1v) is 9.10. The van der Waals surface area contributed by atoms with E-state index in [9.17, 15) is 9.59 Å². The summed E-state index contributed by atoms with van der Waals surface area (Å²) in [5, 5.41) is 5.63. The summed E-state index contributed by atoms with van der Waals surface area (Å²) in [5.41, 5.74) is 0.654. The van der Waals surface area contributed by atoms with Crippen LogP contribution in [0, 0.1) is 0 Å². The highest BCUT2D eigenvalue weighted by Crippen LogP contribution is 2.29. The van der Waals surface area contributed by atoms with Crippen molar-refractivity contribution in [2.45, 2.75) is 24.4 Å². The number of urea groups is 1. The molecule has 27 heavy (non-hydrogen) atoms. The van der Waals surface area contributed by atoms with E-state index in [1.165, 1.54) is 0 Å². The molecule has 0 spiro atoms. The molecule has 146 valence electrons. The van der Waals surface area contributed by atoms with E-state index in [2.05, 4.69) is 10.6 Å². The fourth-order valence-electron chi connectivity index (χ4n) is 3.51. The fraction of sp³-hybridized carbons (Fsp3) is 0.556. The first-order valence-electron chi connectivity index (χ1n) is 9.10. The minimum atomic E-state index is -0.556. The molecular formula is C18H23N3O6. The van der Waals surface area contributed by atoms with Gasteiger partial charge in [-0.05, 0) is 12.1 Å². The third-order valence-electron chi connectivity index (χ3n) is 4.89. The lowest BCUT2D eigenvalue weighted by atomic mass is 10.1. The molecule has 0 aliphatic carbocycles. The quantitative estimate of drug-likeness (QED) is 0.809. The van der Waals surface area contributed by atoms with Gasteiger partial charge in [0, 0.05) is 18.8 Å². The zero-order valence-corrected chi connectivity index (χ0v) is 14.8. The lowest BCUT2D eigenvalue weighted by molar-refractivity contribution is 0.00852. The van der Waals surface area contributed by atoms with Crippen molar-refractivity contribution in [3.05, 3.63) is 30.3 Å². The van der Waals surface area contributed by atoms with Gasteiger partial charge in [0.15, 0.2) is 6.10 Å². The van der Waals surface area contributed by atoms with Crippen molar-refractivity contribution < 1.29 is 28.5 Å². The second-order valence-electron chi connectivity index (χ2n) is 6.69. The van der Waals surface area contributed by atoms with E-state index in [1.54, 1.807) is 17.0 Å². The molecule has 1 aromatic carbocycles. The number of benzene rings is 1. The second kappa shape index (κ2) is 8.12. The molecular weight excluding hydrogens is 354 g/mol. The number of fused-ring (bicyclic) bond motifs is 1. The molecule has 1 aromatic rings. The van der Waals surface area contributed by atoms with Gasteiger partial charge in [0.2, 0.25) is 0 Å². The number of anilines is 1. The molecule has 2 N–H and O–H groups in total. The lowest BCUT2D eigenvalue weighted by Gasteiger charge is -2.29. The first kappa shape index (κ1) is 18.0. The summed E-state index contributed by atoms with van der Waals surface area (Å²) >= 11 is 0. The number of morpholine rings is 1. The normalized spacial score (nSPS) is 29.9. The smallest absolute Gasteiger partial charge is 0.412 e. The summed E-state index contributed by atoms with van der Waals surface area (Å²) < 4.78 is 22.2. The maximum Gasteiger partial charge on any atom is 0.412 e. The number of carbonyl (C=O) groups is 2. The number of ether oxygens (including phenoxy) is 4. The van der Waals surface area contributed by atoms with Crippen LogP contribution in [0.25, 0.3) is 0 Å². The molecule has 9 heteroatoms. The van der Waals surface area contributed by atoms with Crippen LogP contribution in [-0.2, 0) is 18.9 Å². The molecule has 0 bridgehead atoms. The van der Waals surface area contributed by atoms with Crippen LogP contribution in [0.5, 0.6) is 0 Å². The second-order valence-corrected chi connectivity index (χ2v) is 6.69. The van der Waals surface area contributed by atoms with Crippen molar-refractivity contribution in [2.24, 2.45) is 0 Å². The largest absolute Gasteiger partial charge is 0.441 e. The summed E-state index contributed by atoms with van der Waals surface area (Å²) in [7, 11) is 0. The Labute approximate surface area is 156 Å². The topological polar surface area (TPSA) is 98.4 Å². The minimum absolute atomic E-state index is 0.151. The van der Waals surface area contributed by atoms with Crippen molar-refractivity contribution in [3.63, 3.8) is 0 Å². The number of carbonyl (C=O) groups excluding carboxylic acids is 2. The SMILES string of the molecule is O=C(Nc1ccccc1)O[C@@H]1CO[C@H]2[C@@H]1OC[C@@H]2NC(=O)N1CCOCC1. The predicted octanol–water partition coefficient (Wildman–Crippen LogP) is 0.812. The van der Waals surface area contributed by atoms with Crippen LogP contribution in [-0.4, -0.2) is 80.9 Å². The van der Waals surface area contributed by atoms with Crippen molar-refractivity contribution in [3.8, 4) is 0 Å². The lowest BCUT2D eigenvalue weighted by Crippen LogP contribution is -2.52. The van der Waals surface area contributed by atoms with Gasteiger partial charge in [-0.3, -0.25) is 5.32 Å². The maximum absolute atomic E-state index is 12.4. The summed E-state index contributed by atoms with van der Waals surface area (Å²) in [4.78, 5) is 26.2. The Balaban J connectivity index is 1.28. The highest BCUT2D eigenvalue weighted by atomic mass is 16.6. The van der Waals surface area contributed by atoms with Gasteiger partial charge in [0.1, 0.15) is 12.2 Å². The molecule has 3 aliphatic rings. The summed E-state index contributed by atoms with van der Waals surface area (Å²) in [6, 6.07) is 8.65. The fourth-order valence-corrected chi connectivity index (χ4v) is 3.51. The molecule has 9 nitrogen and oxygen atoms in total. The molecule has 3 amide bonds. The van der Waals surface area contributed by atoms with Gasteiger partial charge in [-0.1, -0.05) is 18.2 Å². The zero-order chi connectivity index (χ0) is 18.6. The molecule has 0 radical (unpaired) electrons. The van der Waals surface area contributed by atoms with Crippen LogP contribution in [0.3, 0.4) is 0 Å². The van der Waals surface area contributed by atoms with Gasteiger partial charge in [-0.25, -0.2) is 9.59 Å². The maximum atomic E-state index is 12.4. The van der Waals surface area contributed by atoms with Gasteiger partial charge >= 0.3 is 12.1 Å². The summed E-state index contributed by atoms with van der Waals surface area (Å²) in [6.45, 7) is 2.79. The molecule has 0 unspecified atom stereocenters. The van der Waals surface area contributed by atoms with Gasteiger partial charge in [0.05, 0.1) is 32.5 Å². The Hall–Kier alpha value is -2.36. The van der Waals surface area contributed by atoms with E-state index in [0.717, 1.165) is 0 Å². The first-order chi connectivity index (χ1) is 13.2. The van der Waals surface area contributed by atoms with E-state index >= 15 is 0 Å². The van der Waals surface area contributed by atoms with Gasteiger partial charge in [-0.15, -0.1) is 0 Å². The number of rotatable bonds is 3. The molecule has 3 heterocycles. The minimum Gasteiger partial charge on any atom is -0.441 e. The standard InChI is InChI=1S/C18H23N3O6/c22-17(21-6-8-24-9-7-21)20-13-10-25-16-14(11-26-15(13)16)27-18(23)19-12-4-2-1-3-5-12/h1-5,13-16H,6-11H2,(H,19,23)(H,20,22)/t13-,14+,15+,16+/m0/s1. The van der Waals surface area contributed by atoms with Gasteiger partial charge < -0.3 is 29.2 Å². The van der Waals surface area contributed by atoms with Crippen LogP contribution >= 0.6 is 0 Å². The molecule has 3 saturated heterocycles. The number of nitrogens with one attached hydrogen (secondary N) is 2. The number of para-hydroxylation sites is 1. The van der Waals surface area contributed by atoms with E-state index in [1.807, 2.05) is 18.2 Å². The Kier molecular flexibility index (Phi) is 5.42. The Bertz CT molecular complexity index is 666. The van der Waals surface area contributed by atoms with Gasteiger partial charge in [0.25, 0.3) is 0 Å². The Morgan fingerprint density at radius 3 is 2.56 bits per heavy atom. The molecule has 3 aliphatic heterocycles. The molecule has 3 fully saturated rings. The third kappa shape index (κ3) is 4.15. The van der Waals surface area contributed by atoms with E-state index < -0.39 is 12.2 Å². The van der Waals surface area contributed by atoms with E-state index in [0.29, 0.717) is 38.6 Å². The number of nitrogens with zero attached hydrogens (tertiary/aromatic N) is 1. The number of amides is 3. The predicted molar refractivity (Wildman–Crippen MR) is 94.5 cm³/mol. The highest BCUT2D eigenvalue weighted by Gasteiger charge is 2.50. The van der Waals surface area contributed by atoms with Gasteiger partial charge in [-0.2, -0.15) is 0 Å². The number of hydrogen-bond donors (Lipinski definition) is 2. The summed E-state index contributed by atoms with van der Waals surface area (Å²) in [6.07, 6.45) is -1.78. The van der Waals surface area contributed by atoms with Crippen LogP contribution in [0.4, 0.5) is 15.3 Å². The molecule has 4 rings (SSSR count). The van der Waals surface area contributed by atoms with Crippen molar-refractivity contribution in [2.75, 3.05) is 44.8 Å². The number of hydrogen-bond acceptors (Lipinski definition) is 6. The monoisotopic (exact) mass is 377 g/mol. The van der Waals surface area contributed by atoms with Crippen LogP contribution in [0.2, 0.25) is 0 Å². The van der Waals surface area contributed by atoms with E-state index in [4.69, 9.17) is 18.9 Å². The van der Waals surface area contributed by atoms with E-state index in [-0.39, 0.29) is 30.9 Å². The molecule has 4 atom stereocenters. The van der Waals surface area contributed by atoms with Crippen molar-refractivity contribution >= 4 is 17.8 Å². The Morgan fingerprint density at radius 1 is 1.04 bits per heavy atom. The summed E-state index contributed by atoms with van der Waals surface area (Å²) in [5.74, 6) is 0.